The van der Waals surface area contributed by atoms with Gasteiger partial charge >= 0.3 is 0 Å². The van der Waals surface area contributed by atoms with Gasteiger partial charge in [-0.15, -0.1) is 0 Å². The molecule has 6 heteroatoms. The van der Waals surface area contributed by atoms with E-state index in [1.54, 1.807) is 10.7 Å². The standard InChI is InChI=1S/C15H21FN4O/c1-4-7-20-15(18-10-19-20)9-21-14-6-5-12(8-13(14)16)11(2)17-3/h5-6,8,10-11,17H,4,7,9H2,1-3H3. The van der Waals surface area contributed by atoms with Crippen LogP contribution in [0.3, 0.4) is 0 Å². The van der Waals surface area contributed by atoms with Gasteiger partial charge in [-0.3, -0.25) is 0 Å². The van der Waals surface area contributed by atoms with E-state index in [0.717, 1.165) is 18.5 Å². The minimum absolute atomic E-state index is 0.0983. The highest BCUT2D eigenvalue weighted by atomic mass is 19.1. The third kappa shape index (κ3) is 3.78. The Balaban J connectivity index is 2.04. The van der Waals surface area contributed by atoms with Crippen LogP contribution in [0.2, 0.25) is 0 Å². The zero-order valence-electron chi connectivity index (χ0n) is 12.6. The Labute approximate surface area is 124 Å². The number of rotatable bonds is 7. The Morgan fingerprint density at radius 2 is 2.24 bits per heavy atom. The lowest BCUT2D eigenvalue weighted by molar-refractivity contribution is 0.272. The lowest BCUT2D eigenvalue weighted by Gasteiger charge is -2.13. The molecule has 0 fully saturated rings. The maximum absolute atomic E-state index is 14.0. The van der Waals surface area contributed by atoms with Gasteiger partial charge in [0.1, 0.15) is 12.9 Å². The predicted molar refractivity (Wildman–Crippen MR) is 78.5 cm³/mol. The second-order valence-corrected chi connectivity index (χ2v) is 4.89. The molecule has 1 N–H and O–H groups in total. The molecule has 2 rings (SSSR count). The van der Waals surface area contributed by atoms with Crippen molar-refractivity contribution in [3.63, 3.8) is 0 Å². The summed E-state index contributed by atoms with van der Waals surface area (Å²) in [6.07, 6.45) is 2.45. The molecular formula is C15H21FN4O. The monoisotopic (exact) mass is 292 g/mol. The van der Waals surface area contributed by atoms with Gasteiger partial charge in [-0.1, -0.05) is 13.0 Å². The fourth-order valence-electron chi connectivity index (χ4n) is 2.01. The molecule has 114 valence electrons. The van der Waals surface area contributed by atoms with Gasteiger partial charge in [0.2, 0.25) is 0 Å². The fraction of sp³-hybridized carbons (Fsp3) is 0.467. The van der Waals surface area contributed by atoms with Gasteiger partial charge in [-0.2, -0.15) is 5.10 Å². The number of hydrogen-bond donors (Lipinski definition) is 1. The minimum atomic E-state index is -0.365. The summed E-state index contributed by atoms with van der Waals surface area (Å²) in [5, 5.41) is 7.19. The predicted octanol–water partition coefficient (Wildman–Crippen LogP) is 2.69. The summed E-state index contributed by atoms with van der Waals surface area (Å²) in [5.41, 5.74) is 0.886. The smallest absolute Gasteiger partial charge is 0.165 e. The molecule has 0 amide bonds. The van der Waals surface area contributed by atoms with Crippen molar-refractivity contribution in [1.29, 1.82) is 0 Å². The molecule has 0 saturated carbocycles. The first-order valence-corrected chi connectivity index (χ1v) is 7.12. The molecule has 0 aliphatic heterocycles. The molecule has 0 saturated heterocycles. The molecule has 0 aliphatic carbocycles. The maximum atomic E-state index is 14.0. The van der Waals surface area contributed by atoms with Gasteiger partial charge in [0.25, 0.3) is 0 Å². The van der Waals surface area contributed by atoms with Gasteiger partial charge in [0.15, 0.2) is 17.4 Å². The van der Waals surface area contributed by atoms with E-state index in [1.807, 2.05) is 20.0 Å². The van der Waals surface area contributed by atoms with Crippen molar-refractivity contribution in [3.8, 4) is 5.75 Å². The summed E-state index contributed by atoms with van der Waals surface area (Å²) in [4.78, 5) is 4.13. The molecule has 2 aromatic rings. The zero-order chi connectivity index (χ0) is 15.2. The number of aromatic nitrogens is 3. The Bertz CT molecular complexity index is 585. The Kier molecular flexibility index (Phi) is 5.27. The minimum Gasteiger partial charge on any atom is -0.483 e. The topological polar surface area (TPSA) is 52.0 Å². The highest BCUT2D eigenvalue weighted by Gasteiger charge is 2.10. The number of ether oxygens (including phenoxy) is 1. The molecule has 0 aliphatic rings. The number of halogens is 1. The van der Waals surface area contributed by atoms with Gasteiger partial charge in [-0.25, -0.2) is 14.1 Å². The largest absolute Gasteiger partial charge is 0.483 e. The van der Waals surface area contributed by atoms with Crippen LogP contribution in [-0.4, -0.2) is 21.8 Å². The van der Waals surface area contributed by atoms with Gasteiger partial charge in [0.05, 0.1) is 0 Å². The number of hydrogen-bond acceptors (Lipinski definition) is 4. The van der Waals surface area contributed by atoms with Crippen LogP contribution in [0, 0.1) is 5.82 Å². The first kappa shape index (κ1) is 15.4. The summed E-state index contributed by atoms with van der Waals surface area (Å²) in [6.45, 7) is 5.02. The van der Waals surface area contributed by atoms with Crippen molar-refractivity contribution in [2.24, 2.45) is 0 Å². The van der Waals surface area contributed by atoms with E-state index < -0.39 is 0 Å². The Hall–Kier alpha value is -1.95. The maximum Gasteiger partial charge on any atom is 0.165 e. The van der Waals surface area contributed by atoms with Crippen LogP contribution in [0.1, 0.15) is 37.7 Å². The first-order valence-electron chi connectivity index (χ1n) is 7.12. The van der Waals surface area contributed by atoms with Crippen molar-refractivity contribution in [2.45, 2.75) is 39.5 Å². The van der Waals surface area contributed by atoms with Crippen molar-refractivity contribution in [3.05, 3.63) is 41.7 Å². The molecular weight excluding hydrogens is 271 g/mol. The third-order valence-corrected chi connectivity index (χ3v) is 3.38. The van der Waals surface area contributed by atoms with Crippen LogP contribution < -0.4 is 10.1 Å². The number of aryl methyl sites for hydroxylation is 1. The van der Waals surface area contributed by atoms with Crippen molar-refractivity contribution >= 4 is 0 Å². The molecule has 1 heterocycles. The van der Waals surface area contributed by atoms with Crippen LogP contribution in [0.25, 0.3) is 0 Å². The zero-order valence-corrected chi connectivity index (χ0v) is 12.6. The van der Waals surface area contributed by atoms with E-state index in [1.165, 1.54) is 12.4 Å². The lowest BCUT2D eigenvalue weighted by Crippen LogP contribution is -2.13. The highest BCUT2D eigenvalue weighted by Crippen LogP contribution is 2.22. The molecule has 1 unspecified atom stereocenters. The quantitative estimate of drug-likeness (QED) is 0.852. The second-order valence-electron chi connectivity index (χ2n) is 4.89. The van der Waals surface area contributed by atoms with Crippen molar-refractivity contribution in [2.75, 3.05) is 7.05 Å². The number of nitrogens with one attached hydrogen (secondary N) is 1. The summed E-state index contributed by atoms with van der Waals surface area (Å²) in [7, 11) is 1.84. The normalized spacial score (nSPS) is 12.4. The summed E-state index contributed by atoms with van der Waals surface area (Å²) in [5.74, 6) is 0.563. The van der Waals surface area contributed by atoms with E-state index in [2.05, 4.69) is 22.3 Å². The number of nitrogens with zero attached hydrogens (tertiary/aromatic N) is 3. The van der Waals surface area contributed by atoms with Crippen LogP contribution in [0.4, 0.5) is 4.39 Å². The Morgan fingerprint density at radius 3 is 2.90 bits per heavy atom. The molecule has 0 bridgehead atoms. The van der Waals surface area contributed by atoms with Crippen LogP contribution >= 0.6 is 0 Å². The van der Waals surface area contributed by atoms with Gasteiger partial charge < -0.3 is 10.1 Å². The van der Waals surface area contributed by atoms with Crippen LogP contribution in [-0.2, 0) is 13.2 Å². The second kappa shape index (κ2) is 7.17. The third-order valence-electron chi connectivity index (χ3n) is 3.38. The molecule has 0 spiro atoms. The summed E-state index contributed by atoms with van der Waals surface area (Å²) < 4.78 is 21.3. The summed E-state index contributed by atoms with van der Waals surface area (Å²) in [6, 6.07) is 5.10. The number of benzene rings is 1. The van der Waals surface area contributed by atoms with Gasteiger partial charge in [0, 0.05) is 12.6 Å². The van der Waals surface area contributed by atoms with Crippen LogP contribution in [0.15, 0.2) is 24.5 Å². The molecule has 21 heavy (non-hydrogen) atoms. The van der Waals surface area contributed by atoms with E-state index in [9.17, 15) is 4.39 Å². The van der Waals surface area contributed by atoms with E-state index in [0.29, 0.717) is 5.82 Å². The average molecular weight is 292 g/mol. The molecule has 1 aromatic heterocycles. The molecule has 1 atom stereocenters. The van der Waals surface area contributed by atoms with Crippen molar-refractivity contribution < 1.29 is 9.13 Å². The SMILES string of the molecule is CCCn1ncnc1COc1ccc(C(C)NC)cc1F. The lowest BCUT2D eigenvalue weighted by atomic mass is 10.1. The van der Waals surface area contributed by atoms with E-state index in [-0.39, 0.29) is 24.2 Å². The molecule has 5 nitrogen and oxygen atoms in total. The average Bonchev–Trinajstić information content (AvgIpc) is 2.93. The Morgan fingerprint density at radius 1 is 1.43 bits per heavy atom. The van der Waals surface area contributed by atoms with Crippen molar-refractivity contribution in [1.82, 2.24) is 20.1 Å². The van der Waals surface area contributed by atoms with E-state index >= 15 is 0 Å². The van der Waals surface area contributed by atoms with Crippen LogP contribution in [0.5, 0.6) is 5.75 Å². The summed E-state index contributed by atoms with van der Waals surface area (Å²) >= 11 is 0. The fourth-order valence-corrected chi connectivity index (χ4v) is 2.01. The highest BCUT2D eigenvalue weighted by molar-refractivity contribution is 5.30. The molecule has 0 radical (unpaired) electrons. The van der Waals surface area contributed by atoms with E-state index in [4.69, 9.17) is 4.74 Å². The first-order chi connectivity index (χ1) is 10.2. The molecule has 1 aromatic carbocycles. The van der Waals surface area contributed by atoms with Gasteiger partial charge in [-0.05, 0) is 38.1 Å².